The van der Waals surface area contributed by atoms with Crippen molar-refractivity contribution in [1.29, 1.82) is 0 Å². The lowest BCUT2D eigenvalue weighted by atomic mass is 9.86. The third-order valence-corrected chi connectivity index (χ3v) is 4.51. The number of carboxylic acid groups (broad SMARTS) is 1. The first-order valence-electron chi connectivity index (χ1n) is 9.12. The third kappa shape index (κ3) is 6.22. The van der Waals surface area contributed by atoms with Gasteiger partial charge in [-0.15, -0.1) is 0 Å². The van der Waals surface area contributed by atoms with Gasteiger partial charge in [0.05, 0.1) is 0 Å². The van der Waals surface area contributed by atoms with E-state index in [9.17, 15) is 9.59 Å². The Bertz CT molecular complexity index is 775. The monoisotopic (exact) mass is 368 g/mol. The van der Waals surface area contributed by atoms with Crippen molar-refractivity contribution >= 4 is 11.9 Å². The van der Waals surface area contributed by atoms with Crippen molar-refractivity contribution in [1.82, 2.24) is 5.32 Å². The van der Waals surface area contributed by atoms with Crippen LogP contribution in [0.1, 0.15) is 47.8 Å². The summed E-state index contributed by atoms with van der Waals surface area (Å²) in [7, 11) is 0. The Hall–Kier alpha value is -2.66. The molecule has 0 spiro atoms. The molecule has 0 saturated carbocycles. The first-order chi connectivity index (χ1) is 12.7. The Balaban J connectivity index is 1.84. The van der Waals surface area contributed by atoms with Crippen LogP contribution >= 0.6 is 0 Å². The summed E-state index contributed by atoms with van der Waals surface area (Å²) in [6.45, 7) is 7.11. The Morgan fingerprint density at radius 1 is 1.00 bits per heavy atom. The van der Waals surface area contributed by atoms with E-state index in [1.54, 1.807) is 24.3 Å². The molecule has 5 heteroatoms. The van der Waals surface area contributed by atoms with Crippen LogP contribution in [-0.4, -0.2) is 29.6 Å². The van der Waals surface area contributed by atoms with Gasteiger partial charge in [0, 0.05) is 12.1 Å². The van der Waals surface area contributed by atoms with E-state index >= 15 is 0 Å². The fourth-order valence-electron chi connectivity index (χ4n) is 2.73. The van der Waals surface area contributed by atoms with Gasteiger partial charge < -0.3 is 16.2 Å². The average Bonchev–Trinajstić information content (AvgIpc) is 2.61. The van der Waals surface area contributed by atoms with Crippen molar-refractivity contribution in [3.8, 4) is 0 Å². The van der Waals surface area contributed by atoms with Gasteiger partial charge in [-0.25, -0.2) is 0 Å². The average molecular weight is 368 g/mol. The van der Waals surface area contributed by atoms with E-state index in [4.69, 9.17) is 10.8 Å². The zero-order chi connectivity index (χ0) is 20.0. The predicted octanol–water partition coefficient (Wildman–Crippen LogP) is 2.91. The number of hydrogen-bond acceptors (Lipinski definition) is 3. The van der Waals surface area contributed by atoms with Crippen LogP contribution in [0.25, 0.3) is 0 Å². The number of carbonyl (C=O) groups is 2. The van der Waals surface area contributed by atoms with Crippen molar-refractivity contribution in [3.63, 3.8) is 0 Å². The number of benzene rings is 2. The zero-order valence-corrected chi connectivity index (χ0v) is 16.2. The van der Waals surface area contributed by atoms with Gasteiger partial charge in [0.25, 0.3) is 5.91 Å². The Kier molecular flexibility index (Phi) is 6.75. The maximum Gasteiger partial charge on any atom is 0.320 e. The zero-order valence-electron chi connectivity index (χ0n) is 16.2. The highest BCUT2D eigenvalue weighted by Crippen LogP contribution is 2.22. The summed E-state index contributed by atoms with van der Waals surface area (Å²) in [5.41, 5.74) is 9.46. The molecule has 0 aliphatic carbocycles. The summed E-state index contributed by atoms with van der Waals surface area (Å²) in [5.74, 6) is -1.18. The molecule has 4 N–H and O–H groups in total. The van der Waals surface area contributed by atoms with Crippen molar-refractivity contribution in [2.45, 2.75) is 45.1 Å². The molecule has 0 heterocycles. The summed E-state index contributed by atoms with van der Waals surface area (Å²) >= 11 is 0. The number of carboxylic acids is 1. The number of nitrogens with two attached hydrogens (primary N) is 1. The van der Waals surface area contributed by atoms with Crippen LogP contribution in [0.3, 0.4) is 0 Å². The fourth-order valence-corrected chi connectivity index (χ4v) is 2.73. The number of nitrogens with one attached hydrogen (secondary N) is 1. The first kappa shape index (κ1) is 20.6. The third-order valence-electron chi connectivity index (χ3n) is 4.51. The maximum absolute atomic E-state index is 12.2. The fraction of sp³-hybridized carbons (Fsp3) is 0.364. The van der Waals surface area contributed by atoms with Crippen molar-refractivity contribution in [2.75, 3.05) is 6.54 Å². The molecule has 2 rings (SSSR count). The van der Waals surface area contributed by atoms with Gasteiger partial charge in [-0.3, -0.25) is 9.59 Å². The van der Waals surface area contributed by atoms with Gasteiger partial charge in [0.2, 0.25) is 0 Å². The second-order valence-corrected chi connectivity index (χ2v) is 7.80. The van der Waals surface area contributed by atoms with Gasteiger partial charge in [0.1, 0.15) is 6.04 Å². The van der Waals surface area contributed by atoms with Crippen LogP contribution in [0.5, 0.6) is 0 Å². The van der Waals surface area contributed by atoms with Crippen LogP contribution in [0, 0.1) is 0 Å². The number of carbonyl (C=O) groups excluding carboxylic acids is 1. The van der Waals surface area contributed by atoms with Crippen molar-refractivity contribution in [3.05, 3.63) is 70.8 Å². The molecule has 5 nitrogen and oxygen atoms in total. The molecular formula is C22H28N2O3. The maximum atomic E-state index is 12.2. The number of rotatable bonds is 7. The minimum atomic E-state index is -1.03. The van der Waals surface area contributed by atoms with E-state index in [-0.39, 0.29) is 17.7 Å². The number of aliphatic carboxylic acids is 1. The predicted molar refractivity (Wildman–Crippen MR) is 107 cm³/mol. The van der Waals surface area contributed by atoms with Crippen molar-refractivity contribution in [2.24, 2.45) is 5.73 Å². The quantitative estimate of drug-likeness (QED) is 0.701. The molecule has 2 aromatic carbocycles. The second kappa shape index (κ2) is 8.82. The standard InChI is InChI=1S/C22H28N2O3/c1-22(2,3)18-10-6-15(7-11-18)12-13-24-20(25)17-8-4-16(5-9-17)14-19(23)21(26)27/h4-11,19H,12-14,23H2,1-3H3,(H,24,25)(H,26,27). The molecule has 27 heavy (non-hydrogen) atoms. The molecule has 1 unspecified atom stereocenters. The summed E-state index contributed by atoms with van der Waals surface area (Å²) in [6.07, 6.45) is 1.00. The van der Waals surface area contributed by atoms with Gasteiger partial charge in [0.15, 0.2) is 0 Å². The molecule has 0 radical (unpaired) electrons. The van der Waals surface area contributed by atoms with E-state index in [2.05, 4.69) is 50.4 Å². The molecule has 0 saturated heterocycles. The Morgan fingerprint density at radius 2 is 1.56 bits per heavy atom. The first-order valence-corrected chi connectivity index (χ1v) is 9.12. The van der Waals surface area contributed by atoms with E-state index in [1.165, 1.54) is 11.1 Å². The van der Waals surface area contributed by atoms with Crippen LogP contribution < -0.4 is 11.1 Å². The summed E-state index contributed by atoms with van der Waals surface area (Å²) in [6, 6.07) is 14.4. The number of hydrogen-bond donors (Lipinski definition) is 3. The molecule has 144 valence electrons. The molecular weight excluding hydrogens is 340 g/mol. The molecule has 0 aliphatic rings. The van der Waals surface area contributed by atoms with E-state index in [0.29, 0.717) is 12.1 Å². The highest BCUT2D eigenvalue weighted by atomic mass is 16.4. The van der Waals surface area contributed by atoms with Crippen LogP contribution in [0.15, 0.2) is 48.5 Å². The van der Waals surface area contributed by atoms with Crippen LogP contribution in [0.2, 0.25) is 0 Å². The van der Waals surface area contributed by atoms with E-state index in [0.717, 1.165) is 12.0 Å². The Labute approximate surface area is 160 Å². The highest BCUT2D eigenvalue weighted by molar-refractivity contribution is 5.94. The van der Waals surface area contributed by atoms with Gasteiger partial charge in [-0.1, -0.05) is 57.2 Å². The summed E-state index contributed by atoms with van der Waals surface area (Å²) < 4.78 is 0. The van der Waals surface area contributed by atoms with Gasteiger partial charge in [-0.05, 0) is 47.1 Å². The van der Waals surface area contributed by atoms with Crippen LogP contribution in [-0.2, 0) is 23.1 Å². The smallest absolute Gasteiger partial charge is 0.320 e. The second-order valence-electron chi connectivity index (χ2n) is 7.80. The van der Waals surface area contributed by atoms with Crippen LogP contribution in [0.4, 0.5) is 0 Å². The van der Waals surface area contributed by atoms with Gasteiger partial charge >= 0.3 is 5.97 Å². The number of amides is 1. The summed E-state index contributed by atoms with van der Waals surface area (Å²) in [5, 5.41) is 11.8. The summed E-state index contributed by atoms with van der Waals surface area (Å²) in [4.78, 5) is 23.0. The molecule has 0 fully saturated rings. The van der Waals surface area contributed by atoms with Gasteiger partial charge in [-0.2, -0.15) is 0 Å². The SMILES string of the molecule is CC(C)(C)c1ccc(CCNC(=O)c2ccc(CC(N)C(=O)O)cc2)cc1. The molecule has 0 aromatic heterocycles. The Morgan fingerprint density at radius 3 is 2.07 bits per heavy atom. The molecule has 1 atom stereocenters. The molecule has 0 aliphatic heterocycles. The topological polar surface area (TPSA) is 92.4 Å². The largest absolute Gasteiger partial charge is 0.480 e. The minimum absolute atomic E-state index is 0.132. The highest BCUT2D eigenvalue weighted by Gasteiger charge is 2.14. The minimum Gasteiger partial charge on any atom is -0.480 e. The molecule has 1 amide bonds. The van der Waals surface area contributed by atoms with Crippen molar-refractivity contribution < 1.29 is 14.7 Å². The molecule has 0 bridgehead atoms. The lowest BCUT2D eigenvalue weighted by Gasteiger charge is -2.19. The van der Waals surface area contributed by atoms with E-state index < -0.39 is 12.0 Å². The van der Waals surface area contributed by atoms with E-state index in [1.807, 2.05) is 0 Å². The molecule has 2 aromatic rings. The normalized spacial score (nSPS) is 12.4. The lowest BCUT2D eigenvalue weighted by Crippen LogP contribution is -2.32. The lowest BCUT2D eigenvalue weighted by molar-refractivity contribution is -0.138.